The topological polar surface area (TPSA) is 28.2 Å². The number of pyridine rings is 1. The molecular weight excluding hydrogens is 222 g/mol. The normalized spacial score (nSPS) is 25.1. The number of piperidine rings is 1. The van der Waals surface area contributed by atoms with Crippen molar-refractivity contribution in [3.8, 4) is 0 Å². The van der Waals surface area contributed by atoms with E-state index >= 15 is 0 Å². The maximum Gasteiger partial charge on any atom is 0.130 e. The summed E-state index contributed by atoms with van der Waals surface area (Å²) in [7, 11) is 0. The SMILES string of the molecule is CCNc1ncccc1CN1[C@H](C)CCC[C@@H]1C. The van der Waals surface area contributed by atoms with Gasteiger partial charge in [-0.25, -0.2) is 4.98 Å². The standard InChI is InChI=1S/C15H25N3/c1-4-16-15-14(9-6-10-17-15)11-18-12(2)7-5-8-13(18)3/h6,9-10,12-13H,4-5,7-8,11H2,1-3H3,(H,16,17)/t12-,13+. The minimum atomic E-state index is 0.684. The number of nitrogens with one attached hydrogen (secondary N) is 1. The van der Waals surface area contributed by atoms with Crippen molar-refractivity contribution in [3.05, 3.63) is 23.9 Å². The molecule has 0 aromatic carbocycles. The van der Waals surface area contributed by atoms with Crippen LogP contribution >= 0.6 is 0 Å². The summed E-state index contributed by atoms with van der Waals surface area (Å²) in [4.78, 5) is 7.06. The zero-order valence-electron chi connectivity index (χ0n) is 11.8. The smallest absolute Gasteiger partial charge is 0.130 e. The van der Waals surface area contributed by atoms with E-state index in [1.165, 1.54) is 24.8 Å². The molecule has 1 N–H and O–H groups in total. The van der Waals surface area contributed by atoms with E-state index in [0.29, 0.717) is 12.1 Å². The number of hydrogen-bond acceptors (Lipinski definition) is 3. The molecule has 0 bridgehead atoms. The second-order valence-corrected chi connectivity index (χ2v) is 5.34. The fourth-order valence-electron chi connectivity index (χ4n) is 2.88. The summed E-state index contributed by atoms with van der Waals surface area (Å²) in [6.07, 6.45) is 5.87. The third-order valence-corrected chi connectivity index (χ3v) is 3.96. The Morgan fingerprint density at radius 3 is 2.72 bits per heavy atom. The first kappa shape index (κ1) is 13.3. The molecule has 2 rings (SSSR count). The highest BCUT2D eigenvalue weighted by Gasteiger charge is 2.25. The Morgan fingerprint density at radius 1 is 1.33 bits per heavy atom. The zero-order valence-corrected chi connectivity index (χ0v) is 11.8. The highest BCUT2D eigenvalue weighted by Crippen LogP contribution is 2.26. The van der Waals surface area contributed by atoms with Crippen LogP contribution in [0, 0.1) is 0 Å². The maximum absolute atomic E-state index is 4.45. The minimum absolute atomic E-state index is 0.684. The van der Waals surface area contributed by atoms with Gasteiger partial charge in [-0.2, -0.15) is 0 Å². The molecule has 3 nitrogen and oxygen atoms in total. The van der Waals surface area contributed by atoms with Crippen LogP contribution in [0.15, 0.2) is 18.3 Å². The molecular formula is C15H25N3. The van der Waals surface area contributed by atoms with Crippen molar-refractivity contribution in [2.75, 3.05) is 11.9 Å². The molecule has 18 heavy (non-hydrogen) atoms. The number of likely N-dealkylation sites (tertiary alicyclic amines) is 1. The van der Waals surface area contributed by atoms with Crippen LogP contribution in [0.1, 0.15) is 45.6 Å². The molecule has 1 aromatic rings. The number of rotatable bonds is 4. The van der Waals surface area contributed by atoms with Crippen LogP contribution in [-0.4, -0.2) is 28.5 Å². The zero-order chi connectivity index (χ0) is 13.0. The summed E-state index contributed by atoms with van der Waals surface area (Å²) in [6.45, 7) is 8.75. The van der Waals surface area contributed by atoms with Gasteiger partial charge in [-0.3, -0.25) is 4.90 Å². The average molecular weight is 247 g/mol. The molecule has 1 fully saturated rings. The average Bonchev–Trinajstić information content (AvgIpc) is 2.36. The molecule has 0 unspecified atom stereocenters. The predicted molar refractivity (Wildman–Crippen MR) is 76.7 cm³/mol. The third kappa shape index (κ3) is 3.02. The number of hydrogen-bond donors (Lipinski definition) is 1. The van der Waals surface area contributed by atoms with Gasteiger partial charge < -0.3 is 5.32 Å². The van der Waals surface area contributed by atoms with Crippen molar-refractivity contribution in [3.63, 3.8) is 0 Å². The van der Waals surface area contributed by atoms with Gasteiger partial charge in [0, 0.05) is 36.9 Å². The van der Waals surface area contributed by atoms with Gasteiger partial charge in [0.25, 0.3) is 0 Å². The van der Waals surface area contributed by atoms with Gasteiger partial charge in [0.15, 0.2) is 0 Å². The van der Waals surface area contributed by atoms with Crippen LogP contribution in [0.5, 0.6) is 0 Å². The van der Waals surface area contributed by atoms with Crippen molar-refractivity contribution >= 4 is 5.82 Å². The Morgan fingerprint density at radius 2 is 2.06 bits per heavy atom. The van der Waals surface area contributed by atoms with Crippen LogP contribution in [0.4, 0.5) is 5.82 Å². The summed E-state index contributed by atoms with van der Waals surface area (Å²) in [6, 6.07) is 5.60. The van der Waals surface area contributed by atoms with Gasteiger partial charge >= 0.3 is 0 Å². The Kier molecular flexibility index (Phi) is 4.59. The van der Waals surface area contributed by atoms with E-state index in [4.69, 9.17) is 0 Å². The molecule has 0 aliphatic carbocycles. The van der Waals surface area contributed by atoms with E-state index in [0.717, 1.165) is 18.9 Å². The van der Waals surface area contributed by atoms with Gasteiger partial charge in [0.2, 0.25) is 0 Å². The number of anilines is 1. The largest absolute Gasteiger partial charge is 0.370 e. The molecule has 0 spiro atoms. The second kappa shape index (κ2) is 6.19. The van der Waals surface area contributed by atoms with Gasteiger partial charge in [0.1, 0.15) is 5.82 Å². The summed E-state index contributed by atoms with van der Waals surface area (Å²) < 4.78 is 0. The Hall–Kier alpha value is -1.09. The van der Waals surface area contributed by atoms with Gasteiger partial charge in [0.05, 0.1) is 0 Å². The number of aromatic nitrogens is 1. The lowest BCUT2D eigenvalue weighted by atomic mass is 9.97. The van der Waals surface area contributed by atoms with Crippen LogP contribution in [-0.2, 0) is 6.54 Å². The summed E-state index contributed by atoms with van der Waals surface area (Å²) in [5.74, 6) is 1.05. The first-order valence-electron chi connectivity index (χ1n) is 7.16. The van der Waals surface area contributed by atoms with Gasteiger partial charge in [-0.1, -0.05) is 12.5 Å². The Bertz CT molecular complexity index is 368. The van der Waals surface area contributed by atoms with Crippen molar-refractivity contribution in [2.45, 2.75) is 58.7 Å². The fraction of sp³-hybridized carbons (Fsp3) is 0.667. The molecule has 1 saturated heterocycles. The molecule has 1 aromatic heterocycles. The molecule has 2 heterocycles. The Labute approximate surface area is 111 Å². The highest BCUT2D eigenvalue weighted by atomic mass is 15.2. The number of nitrogens with zero attached hydrogens (tertiary/aromatic N) is 2. The Balaban J connectivity index is 2.12. The second-order valence-electron chi connectivity index (χ2n) is 5.34. The van der Waals surface area contributed by atoms with Gasteiger partial charge in [-0.15, -0.1) is 0 Å². The van der Waals surface area contributed by atoms with Crippen molar-refractivity contribution in [2.24, 2.45) is 0 Å². The highest BCUT2D eigenvalue weighted by molar-refractivity contribution is 5.43. The lowest BCUT2D eigenvalue weighted by molar-refractivity contribution is 0.0954. The molecule has 0 radical (unpaired) electrons. The molecule has 100 valence electrons. The van der Waals surface area contributed by atoms with E-state index in [1.54, 1.807) is 0 Å². The minimum Gasteiger partial charge on any atom is -0.370 e. The van der Waals surface area contributed by atoms with E-state index in [1.807, 2.05) is 12.3 Å². The van der Waals surface area contributed by atoms with Crippen molar-refractivity contribution in [1.82, 2.24) is 9.88 Å². The lowest BCUT2D eigenvalue weighted by Crippen LogP contribution is -2.43. The van der Waals surface area contributed by atoms with E-state index in [9.17, 15) is 0 Å². The third-order valence-electron chi connectivity index (χ3n) is 3.96. The first-order chi connectivity index (χ1) is 8.72. The monoisotopic (exact) mass is 247 g/mol. The quantitative estimate of drug-likeness (QED) is 0.885. The van der Waals surface area contributed by atoms with Crippen LogP contribution < -0.4 is 5.32 Å². The van der Waals surface area contributed by atoms with Crippen LogP contribution in [0.2, 0.25) is 0 Å². The molecule has 1 aliphatic heterocycles. The fourth-order valence-corrected chi connectivity index (χ4v) is 2.88. The van der Waals surface area contributed by atoms with E-state index in [-0.39, 0.29) is 0 Å². The molecule has 0 saturated carbocycles. The lowest BCUT2D eigenvalue weighted by Gasteiger charge is -2.39. The summed E-state index contributed by atoms with van der Waals surface area (Å²) in [5.41, 5.74) is 1.32. The molecule has 2 atom stereocenters. The summed E-state index contributed by atoms with van der Waals surface area (Å²) >= 11 is 0. The van der Waals surface area contributed by atoms with Crippen molar-refractivity contribution < 1.29 is 0 Å². The molecule has 0 amide bonds. The van der Waals surface area contributed by atoms with Gasteiger partial charge in [-0.05, 0) is 39.7 Å². The van der Waals surface area contributed by atoms with Crippen molar-refractivity contribution in [1.29, 1.82) is 0 Å². The van der Waals surface area contributed by atoms with E-state index < -0.39 is 0 Å². The first-order valence-corrected chi connectivity index (χ1v) is 7.16. The molecule has 3 heteroatoms. The van der Waals surface area contributed by atoms with Crippen LogP contribution in [0.25, 0.3) is 0 Å². The molecule has 1 aliphatic rings. The maximum atomic E-state index is 4.45. The summed E-state index contributed by atoms with van der Waals surface area (Å²) in [5, 5.41) is 3.36. The predicted octanol–water partition coefficient (Wildman–Crippen LogP) is 3.28. The van der Waals surface area contributed by atoms with E-state index in [2.05, 4.69) is 42.0 Å². The van der Waals surface area contributed by atoms with Crippen LogP contribution in [0.3, 0.4) is 0 Å².